The number of anilines is 1. The van der Waals surface area contributed by atoms with E-state index in [9.17, 15) is 18.0 Å². The van der Waals surface area contributed by atoms with Gasteiger partial charge in [-0.25, -0.2) is 0 Å². The third-order valence-corrected chi connectivity index (χ3v) is 3.24. The number of rotatable bonds is 4. The molecule has 118 valence electrons. The highest BCUT2D eigenvalue weighted by molar-refractivity contribution is 5.94. The minimum Gasteiger partial charge on any atom is -0.312 e. The van der Waals surface area contributed by atoms with Crippen molar-refractivity contribution in [2.75, 3.05) is 11.4 Å². The molecule has 2 rings (SSSR count). The van der Waals surface area contributed by atoms with E-state index in [0.717, 1.165) is 17.7 Å². The van der Waals surface area contributed by atoms with Crippen LogP contribution in [0.5, 0.6) is 0 Å². The third-order valence-electron chi connectivity index (χ3n) is 3.24. The molecule has 0 saturated carbocycles. The van der Waals surface area contributed by atoms with E-state index in [2.05, 4.69) is 5.10 Å². The number of hydrogen-bond donors (Lipinski definition) is 0. The molecule has 1 aromatic carbocycles. The summed E-state index contributed by atoms with van der Waals surface area (Å²) in [6.07, 6.45) is -0.894. The number of halogens is 3. The molecule has 0 spiro atoms. The van der Waals surface area contributed by atoms with Gasteiger partial charge in [0.25, 0.3) is 0 Å². The maximum absolute atomic E-state index is 12.6. The van der Waals surface area contributed by atoms with Crippen LogP contribution >= 0.6 is 0 Å². The van der Waals surface area contributed by atoms with Gasteiger partial charge in [-0.3, -0.25) is 9.48 Å². The van der Waals surface area contributed by atoms with Gasteiger partial charge in [-0.15, -0.1) is 0 Å². The van der Waals surface area contributed by atoms with Crippen LogP contribution < -0.4 is 4.90 Å². The summed E-state index contributed by atoms with van der Waals surface area (Å²) in [6, 6.07) is 4.59. The maximum Gasteiger partial charge on any atom is 0.416 e. The van der Waals surface area contributed by atoms with E-state index in [-0.39, 0.29) is 12.3 Å². The number of amides is 1. The third kappa shape index (κ3) is 3.66. The summed E-state index contributed by atoms with van der Waals surface area (Å²) in [6.45, 7) is 2.16. The van der Waals surface area contributed by atoms with E-state index < -0.39 is 11.7 Å². The molecule has 0 radical (unpaired) electrons. The first kappa shape index (κ1) is 16.1. The van der Waals surface area contributed by atoms with E-state index in [4.69, 9.17) is 0 Å². The van der Waals surface area contributed by atoms with Gasteiger partial charge in [0.1, 0.15) is 0 Å². The first-order valence-electron chi connectivity index (χ1n) is 6.76. The Morgan fingerprint density at radius 2 is 1.91 bits per heavy atom. The Balaban J connectivity index is 2.15. The predicted molar refractivity (Wildman–Crippen MR) is 76.4 cm³/mol. The van der Waals surface area contributed by atoms with Gasteiger partial charge in [-0.1, -0.05) is 0 Å². The lowest BCUT2D eigenvalue weighted by Gasteiger charge is -2.21. The predicted octanol–water partition coefficient (Wildman–Crippen LogP) is 3.03. The SMILES string of the molecule is CCN(C(=O)Cc1cnn(C)c1)c1ccc(C(F)(F)F)cc1. The quantitative estimate of drug-likeness (QED) is 0.870. The van der Waals surface area contributed by atoms with Crippen LogP contribution in [0, 0.1) is 0 Å². The van der Waals surface area contributed by atoms with E-state index in [0.29, 0.717) is 12.2 Å². The number of carbonyl (C=O) groups excluding carboxylic acids is 1. The smallest absolute Gasteiger partial charge is 0.312 e. The lowest BCUT2D eigenvalue weighted by atomic mass is 10.1. The molecule has 4 nitrogen and oxygen atoms in total. The largest absolute Gasteiger partial charge is 0.416 e. The molecular formula is C15H16F3N3O. The summed E-state index contributed by atoms with van der Waals surface area (Å²) in [5.74, 6) is -0.185. The second-order valence-electron chi connectivity index (χ2n) is 4.88. The Kier molecular flexibility index (Phi) is 4.54. The molecule has 7 heteroatoms. The van der Waals surface area contributed by atoms with Gasteiger partial charge in [0.2, 0.25) is 5.91 Å². The summed E-state index contributed by atoms with van der Waals surface area (Å²) in [7, 11) is 1.75. The van der Waals surface area contributed by atoms with Crippen LogP contribution in [0.1, 0.15) is 18.1 Å². The number of alkyl halides is 3. The molecule has 1 heterocycles. The molecule has 1 amide bonds. The molecule has 22 heavy (non-hydrogen) atoms. The number of nitrogens with zero attached hydrogens (tertiary/aromatic N) is 3. The molecule has 0 aliphatic heterocycles. The highest BCUT2D eigenvalue weighted by Gasteiger charge is 2.30. The highest BCUT2D eigenvalue weighted by atomic mass is 19.4. The second-order valence-corrected chi connectivity index (χ2v) is 4.88. The number of likely N-dealkylation sites (N-methyl/N-ethyl adjacent to an activating group) is 1. The fourth-order valence-electron chi connectivity index (χ4n) is 2.17. The molecular weight excluding hydrogens is 295 g/mol. The molecule has 0 unspecified atom stereocenters. The van der Waals surface area contributed by atoms with E-state index >= 15 is 0 Å². The van der Waals surface area contributed by atoms with Crippen LogP contribution in [0.25, 0.3) is 0 Å². The lowest BCUT2D eigenvalue weighted by Crippen LogP contribution is -2.31. The number of benzene rings is 1. The fourth-order valence-corrected chi connectivity index (χ4v) is 2.17. The van der Waals surface area contributed by atoms with Crippen LogP contribution in [-0.2, 0) is 24.4 Å². The first-order chi connectivity index (χ1) is 10.3. The zero-order chi connectivity index (χ0) is 16.3. The van der Waals surface area contributed by atoms with Crippen molar-refractivity contribution in [3.05, 3.63) is 47.8 Å². The normalized spacial score (nSPS) is 11.5. The van der Waals surface area contributed by atoms with Crippen molar-refractivity contribution >= 4 is 11.6 Å². The monoisotopic (exact) mass is 311 g/mol. The minimum absolute atomic E-state index is 0.155. The van der Waals surface area contributed by atoms with E-state index in [1.54, 1.807) is 31.0 Å². The number of carbonyl (C=O) groups is 1. The Bertz CT molecular complexity index is 647. The minimum atomic E-state index is -4.38. The Hall–Kier alpha value is -2.31. The molecule has 0 aliphatic rings. The van der Waals surface area contributed by atoms with Crippen molar-refractivity contribution in [2.45, 2.75) is 19.5 Å². The van der Waals surface area contributed by atoms with E-state index in [1.807, 2.05) is 0 Å². The molecule has 0 fully saturated rings. The van der Waals surface area contributed by atoms with E-state index in [1.165, 1.54) is 17.0 Å². The molecule has 0 N–H and O–H groups in total. The van der Waals surface area contributed by atoms with Crippen molar-refractivity contribution in [1.29, 1.82) is 0 Å². The average Bonchev–Trinajstić information content (AvgIpc) is 2.84. The topological polar surface area (TPSA) is 38.1 Å². The van der Waals surface area contributed by atoms with Crippen molar-refractivity contribution in [1.82, 2.24) is 9.78 Å². The lowest BCUT2D eigenvalue weighted by molar-refractivity contribution is -0.137. The Labute approximate surface area is 126 Å². The van der Waals surface area contributed by atoms with Crippen molar-refractivity contribution in [3.8, 4) is 0 Å². The molecule has 2 aromatic rings. The number of hydrogen-bond acceptors (Lipinski definition) is 2. The van der Waals surface area contributed by atoms with Crippen molar-refractivity contribution < 1.29 is 18.0 Å². The average molecular weight is 311 g/mol. The van der Waals surface area contributed by atoms with Crippen LogP contribution in [0.4, 0.5) is 18.9 Å². The first-order valence-corrected chi connectivity index (χ1v) is 6.76. The summed E-state index contributed by atoms with van der Waals surface area (Å²) in [4.78, 5) is 13.8. The second kappa shape index (κ2) is 6.21. The standard InChI is InChI=1S/C15H16F3N3O/c1-3-21(14(22)8-11-9-19-20(2)10-11)13-6-4-12(5-7-13)15(16,17)18/h4-7,9-10H,3,8H2,1-2H3. The van der Waals surface area contributed by atoms with Gasteiger partial charge in [0.05, 0.1) is 18.2 Å². The zero-order valence-electron chi connectivity index (χ0n) is 12.3. The van der Waals surface area contributed by atoms with Crippen molar-refractivity contribution in [2.24, 2.45) is 7.05 Å². The molecule has 0 aliphatic carbocycles. The van der Waals surface area contributed by atoms with Gasteiger partial charge in [-0.2, -0.15) is 18.3 Å². The van der Waals surface area contributed by atoms with Gasteiger partial charge >= 0.3 is 6.18 Å². The zero-order valence-corrected chi connectivity index (χ0v) is 12.3. The van der Waals surface area contributed by atoms with Gasteiger partial charge in [0.15, 0.2) is 0 Å². The summed E-state index contributed by atoms with van der Waals surface area (Å²) in [5.41, 5.74) is 0.481. The number of aryl methyl sites for hydroxylation is 1. The fraction of sp³-hybridized carbons (Fsp3) is 0.333. The molecule has 1 aromatic heterocycles. The molecule has 0 atom stereocenters. The van der Waals surface area contributed by atoms with Crippen molar-refractivity contribution in [3.63, 3.8) is 0 Å². The summed E-state index contributed by atoms with van der Waals surface area (Å²) >= 11 is 0. The maximum atomic E-state index is 12.6. The van der Waals surface area contributed by atoms with Gasteiger partial charge in [0, 0.05) is 25.5 Å². The number of aromatic nitrogens is 2. The summed E-state index contributed by atoms with van der Waals surface area (Å²) in [5, 5.41) is 3.99. The van der Waals surface area contributed by atoms with Gasteiger partial charge in [-0.05, 0) is 36.8 Å². The van der Waals surface area contributed by atoms with Crippen LogP contribution in [0.3, 0.4) is 0 Å². The van der Waals surface area contributed by atoms with Crippen LogP contribution in [0.15, 0.2) is 36.7 Å². The van der Waals surface area contributed by atoms with Crippen LogP contribution in [0.2, 0.25) is 0 Å². The molecule has 0 saturated heterocycles. The molecule has 0 bridgehead atoms. The highest BCUT2D eigenvalue weighted by Crippen LogP contribution is 2.30. The van der Waals surface area contributed by atoms with Gasteiger partial charge < -0.3 is 4.90 Å². The Morgan fingerprint density at radius 1 is 1.27 bits per heavy atom. The summed E-state index contributed by atoms with van der Waals surface area (Å²) < 4.78 is 39.3. The van der Waals surface area contributed by atoms with Crippen LogP contribution in [-0.4, -0.2) is 22.2 Å². The Morgan fingerprint density at radius 3 is 2.36 bits per heavy atom.